The number of benzene rings is 1. The smallest absolute Gasteiger partial charge is 0.180 e. The molecule has 0 saturated carbocycles. The van der Waals surface area contributed by atoms with Gasteiger partial charge in [0, 0.05) is 22.9 Å². The lowest BCUT2D eigenvalue weighted by molar-refractivity contribution is 0.484. The number of hydrogen-bond acceptors (Lipinski definition) is 2. The van der Waals surface area contributed by atoms with Crippen molar-refractivity contribution < 1.29 is 4.74 Å². The van der Waals surface area contributed by atoms with Gasteiger partial charge in [0.25, 0.3) is 0 Å². The number of pyridine rings is 1. The molecule has 2 aromatic heterocycles. The van der Waals surface area contributed by atoms with Gasteiger partial charge in [-0.15, -0.1) is 0 Å². The van der Waals surface area contributed by atoms with E-state index in [4.69, 9.17) is 4.74 Å². The lowest BCUT2D eigenvalue weighted by Crippen LogP contribution is -1.91. The molecule has 0 fully saturated rings. The summed E-state index contributed by atoms with van der Waals surface area (Å²) in [4.78, 5) is 4.49. The first kappa shape index (κ1) is 12.2. The topological polar surface area (TPSA) is 26.5 Å². The summed E-state index contributed by atoms with van der Waals surface area (Å²) < 4.78 is 8.87. The van der Waals surface area contributed by atoms with Crippen LogP contribution in [-0.2, 0) is 0 Å². The minimum Gasteiger partial charge on any atom is -0.453 e. The van der Waals surface area contributed by atoms with Gasteiger partial charge >= 0.3 is 0 Å². The second kappa shape index (κ2) is 4.70. The minimum absolute atomic E-state index is 0.744. The zero-order valence-electron chi connectivity index (χ0n) is 10.7. The molecule has 3 rings (SSSR count). The van der Waals surface area contributed by atoms with E-state index in [1.54, 1.807) is 0 Å². The highest BCUT2D eigenvalue weighted by atomic mass is 79.9. The molecule has 0 aliphatic heterocycles. The quantitative estimate of drug-likeness (QED) is 0.695. The molecular formula is C15H13BrN2O. The molecule has 0 amide bonds. The Morgan fingerprint density at radius 2 is 2.00 bits per heavy atom. The van der Waals surface area contributed by atoms with Crippen LogP contribution in [0.2, 0.25) is 0 Å². The molecule has 2 heterocycles. The fourth-order valence-corrected chi connectivity index (χ4v) is 2.47. The molecule has 0 aliphatic carbocycles. The summed E-state index contributed by atoms with van der Waals surface area (Å²) in [5, 5.41) is 0. The van der Waals surface area contributed by atoms with Gasteiger partial charge in [-0.3, -0.25) is 0 Å². The molecule has 0 radical (unpaired) electrons. The predicted octanol–water partition coefficient (Wildman–Crippen LogP) is 4.51. The van der Waals surface area contributed by atoms with Gasteiger partial charge in [-0.25, -0.2) is 4.98 Å². The molecule has 1 aromatic carbocycles. The highest BCUT2D eigenvalue weighted by Crippen LogP contribution is 2.29. The summed E-state index contributed by atoms with van der Waals surface area (Å²) in [6.45, 7) is 4.01. The third-order valence-corrected chi connectivity index (χ3v) is 3.26. The number of aryl methyl sites for hydroxylation is 2. The van der Waals surface area contributed by atoms with Crippen LogP contribution in [0.4, 0.5) is 0 Å². The number of aromatic nitrogens is 2. The monoisotopic (exact) mass is 316 g/mol. The van der Waals surface area contributed by atoms with Gasteiger partial charge in [-0.2, -0.15) is 0 Å². The van der Waals surface area contributed by atoms with Crippen molar-refractivity contribution in [1.82, 2.24) is 9.38 Å². The largest absolute Gasteiger partial charge is 0.453 e. The van der Waals surface area contributed by atoms with Crippen LogP contribution in [0, 0.1) is 13.8 Å². The van der Waals surface area contributed by atoms with E-state index in [9.17, 15) is 0 Å². The molecule has 0 atom stereocenters. The van der Waals surface area contributed by atoms with E-state index < -0.39 is 0 Å². The molecule has 96 valence electrons. The van der Waals surface area contributed by atoms with Crippen molar-refractivity contribution >= 4 is 21.6 Å². The van der Waals surface area contributed by atoms with Crippen LogP contribution >= 0.6 is 15.9 Å². The van der Waals surface area contributed by atoms with Crippen LogP contribution in [0.5, 0.6) is 11.5 Å². The SMILES string of the molecule is Cc1cccc(Oc2cc(Br)cn3cc(C)nc23)c1. The normalized spacial score (nSPS) is 10.9. The van der Waals surface area contributed by atoms with Gasteiger partial charge < -0.3 is 9.14 Å². The maximum absolute atomic E-state index is 5.95. The van der Waals surface area contributed by atoms with Crippen LogP contribution in [0.25, 0.3) is 5.65 Å². The number of halogens is 1. The molecule has 4 heteroatoms. The molecule has 0 saturated heterocycles. The molecule has 3 nitrogen and oxygen atoms in total. The van der Waals surface area contributed by atoms with Crippen molar-refractivity contribution in [1.29, 1.82) is 0 Å². The van der Waals surface area contributed by atoms with E-state index in [0.717, 1.165) is 27.3 Å². The lowest BCUT2D eigenvalue weighted by atomic mass is 10.2. The number of nitrogens with zero attached hydrogens (tertiary/aromatic N) is 2. The Bertz CT molecular complexity index is 749. The molecule has 0 unspecified atom stereocenters. The Labute approximate surface area is 120 Å². The Hall–Kier alpha value is -1.81. The number of rotatable bonds is 2. The first-order valence-electron chi connectivity index (χ1n) is 6.01. The van der Waals surface area contributed by atoms with E-state index in [1.165, 1.54) is 5.56 Å². The maximum atomic E-state index is 5.95. The van der Waals surface area contributed by atoms with Gasteiger partial charge in [0.2, 0.25) is 0 Å². The number of fused-ring (bicyclic) bond motifs is 1. The van der Waals surface area contributed by atoms with Crippen molar-refractivity contribution in [2.75, 3.05) is 0 Å². The van der Waals surface area contributed by atoms with E-state index >= 15 is 0 Å². The molecule has 3 aromatic rings. The van der Waals surface area contributed by atoms with Gasteiger partial charge in [0.1, 0.15) is 5.75 Å². The first-order chi connectivity index (χ1) is 9.11. The van der Waals surface area contributed by atoms with E-state index in [1.807, 2.05) is 61.0 Å². The van der Waals surface area contributed by atoms with Crippen molar-refractivity contribution in [2.24, 2.45) is 0 Å². The second-order valence-corrected chi connectivity index (χ2v) is 5.47. The van der Waals surface area contributed by atoms with Crippen molar-refractivity contribution in [3.63, 3.8) is 0 Å². The Morgan fingerprint density at radius 3 is 2.79 bits per heavy atom. The van der Waals surface area contributed by atoms with Crippen LogP contribution in [0.3, 0.4) is 0 Å². The average molecular weight is 317 g/mol. The van der Waals surface area contributed by atoms with Gasteiger partial charge in [-0.05, 0) is 47.5 Å². The maximum Gasteiger partial charge on any atom is 0.180 e. The molecule has 0 bridgehead atoms. The van der Waals surface area contributed by atoms with E-state index in [-0.39, 0.29) is 0 Å². The third kappa shape index (κ3) is 2.49. The van der Waals surface area contributed by atoms with Gasteiger partial charge in [0.05, 0.1) is 5.69 Å². The standard InChI is InChI=1S/C15H13BrN2O/c1-10-4-3-5-13(6-10)19-14-7-12(16)9-18-8-11(2)17-15(14)18/h3-9H,1-2H3. The fourth-order valence-electron chi connectivity index (χ4n) is 2.04. The van der Waals surface area contributed by atoms with Crippen molar-refractivity contribution in [3.05, 3.63) is 58.5 Å². The molecule has 0 spiro atoms. The fraction of sp³-hybridized carbons (Fsp3) is 0.133. The minimum atomic E-state index is 0.744. The Morgan fingerprint density at radius 1 is 1.16 bits per heavy atom. The zero-order chi connectivity index (χ0) is 13.4. The summed E-state index contributed by atoms with van der Waals surface area (Å²) in [5.74, 6) is 1.56. The average Bonchev–Trinajstić information content (AvgIpc) is 2.69. The van der Waals surface area contributed by atoms with E-state index in [0.29, 0.717) is 0 Å². The number of imidazole rings is 1. The lowest BCUT2D eigenvalue weighted by Gasteiger charge is -2.08. The molecule has 19 heavy (non-hydrogen) atoms. The van der Waals surface area contributed by atoms with E-state index in [2.05, 4.69) is 20.9 Å². The summed E-state index contributed by atoms with van der Waals surface area (Å²) in [5.41, 5.74) is 2.96. The summed E-state index contributed by atoms with van der Waals surface area (Å²) >= 11 is 3.49. The Kier molecular flexibility index (Phi) is 3.03. The summed E-state index contributed by atoms with van der Waals surface area (Å²) in [6, 6.07) is 9.91. The highest BCUT2D eigenvalue weighted by Gasteiger charge is 2.08. The Balaban J connectivity index is 2.09. The highest BCUT2D eigenvalue weighted by molar-refractivity contribution is 9.10. The van der Waals surface area contributed by atoms with Gasteiger partial charge in [-0.1, -0.05) is 12.1 Å². The van der Waals surface area contributed by atoms with Crippen molar-refractivity contribution in [3.8, 4) is 11.5 Å². The van der Waals surface area contributed by atoms with Crippen LogP contribution in [0.15, 0.2) is 47.2 Å². The first-order valence-corrected chi connectivity index (χ1v) is 6.80. The third-order valence-electron chi connectivity index (χ3n) is 2.82. The van der Waals surface area contributed by atoms with Crippen LogP contribution < -0.4 is 4.74 Å². The van der Waals surface area contributed by atoms with Crippen LogP contribution in [-0.4, -0.2) is 9.38 Å². The summed E-state index contributed by atoms with van der Waals surface area (Å²) in [7, 11) is 0. The van der Waals surface area contributed by atoms with Crippen molar-refractivity contribution in [2.45, 2.75) is 13.8 Å². The number of hydrogen-bond donors (Lipinski definition) is 0. The molecule has 0 N–H and O–H groups in total. The van der Waals surface area contributed by atoms with Gasteiger partial charge in [0.15, 0.2) is 11.4 Å². The zero-order valence-corrected chi connectivity index (χ0v) is 12.3. The number of ether oxygens (including phenoxy) is 1. The molecule has 0 aliphatic rings. The predicted molar refractivity (Wildman–Crippen MR) is 78.9 cm³/mol. The summed E-state index contributed by atoms with van der Waals surface area (Å²) in [6.07, 6.45) is 3.95. The molecular weight excluding hydrogens is 304 g/mol. The second-order valence-electron chi connectivity index (χ2n) is 4.55. The van der Waals surface area contributed by atoms with Crippen LogP contribution in [0.1, 0.15) is 11.3 Å².